The number of aliphatic hydroxyl groups excluding tert-OH is 1. The van der Waals surface area contributed by atoms with E-state index in [-0.39, 0.29) is 12.5 Å². The van der Waals surface area contributed by atoms with Crippen LogP contribution in [-0.2, 0) is 17.8 Å². The Bertz CT molecular complexity index is 480. The van der Waals surface area contributed by atoms with Crippen LogP contribution in [0.1, 0.15) is 34.3 Å². The summed E-state index contributed by atoms with van der Waals surface area (Å²) >= 11 is 0. The lowest BCUT2D eigenvalue weighted by molar-refractivity contribution is 0.0276. The van der Waals surface area contributed by atoms with Crippen molar-refractivity contribution in [2.75, 3.05) is 19.8 Å². The second-order valence-corrected chi connectivity index (χ2v) is 5.24. The van der Waals surface area contributed by atoms with E-state index in [0.29, 0.717) is 6.04 Å². The smallest absolute Gasteiger partial charge is 0.254 e. The van der Waals surface area contributed by atoms with Crippen molar-refractivity contribution in [3.8, 4) is 0 Å². The number of carbonyl (C=O) groups is 1. The Balaban J connectivity index is 1.83. The molecule has 0 aliphatic carbocycles. The summed E-state index contributed by atoms with van der Waals surface area (Å²) in [6, 6.07) is 5.97. The number of fused-ring (bicyclic) bond motifs is 1. The van der Waals surface area contributed by atoms with Crippen LogP contribution in [0.2, 0.25) is 0 Å². The van der Waals surface area contributed by atoms with Gasteiger partial charge in [-0.1, -0.05) is 12.1 Å². The lowest BCUT2D eigenvalue weighted by Gasteiger charge is -2.37. The van der Waals surface area contributed by atoms with E-state index in [1.54, 1.807) is 0 Å². The molecule has 0 atom stereocenters. The zero-order valence-electron chi connectivity index (χ0n) is 11.0. The molecule has 1 amide bonds. The molecule has 3 rings (SSSR count). The minimum Gasteiger partial charge on any atom is -0.392 e. The summed E-state index contributed by atoms with van der Waals surface area (Å²) in [5.41, 5.74) is 2.75. The molecule has 0 radical (unpaired) electrons. The van der Waals surface area contributed by atoms with Crippen LogP contribution in [0.4, 0.5) is 0 Å². The van der Waals surface area contributed by atoms with Crippen LogP contribution in [0.3, 0.4) is 0 Å². The lowest BCUT2D eigenvalue weighted by atomic mass is 9.94. The van der Waals surface area contributed by atoms with Crippen molar-refractivity contribution < 1.29 is 14.6 Å². The molecule has 1 N–H and O–H groups in total. The Hall–Kier alpha value is -1.39. The zero-order chi connectivity index (χ0) is 13.2. The fourth-order valence-electron chi connectivity index (χ4n) is 3.00. The molecule has 4 heteroatoms. The standard InChI is InChI=1S/C15H19NO3/c17-10-11-1-2-14-12(9-11)3-6-16(15(14)18)13-4-7-19-8-5-13/h1-2,9,13,17H,3-8,10H2. The van der Waals surface area contributed by atoms with Gasteiger partial charge >= 0.3 is 0 Å². The van der Waals surface area contributed by atoms with Crippen LogP contribution in [0.5, 0.6) is 0 Å². The number of aliphatic hydroxyl groups is 1. The molecule has 2 aliphatic rings. The number of carbonyl (C=O) groups excluding carboxylic acids is 1. The van der Waals surface area contributed by atoms with Crippen molar-refractivity contribution in [1.29, 1.82) is 0 Å². The Kier molecular flexibility index (Phi) is 3.53. The summed E-state index contributed by atoms with van der Waals surface area (Å²) in [4.78, 5) is 14.5. The van der Waals surface area contributed by atoms with Gasteiger partial charge in [-0.15, -0.1) is 0 Å². The van der Waals surface area contributed by atoms with E-state index in [2.05, 4.69) is 0 Å². The molecule has 0 saturated carbocycles. The van der Waals surface area contributed by atoms with Crippen molar-refractivity contribution >= 4 is 5.91 Å². The highest BCUT2D eigenvalue weighted by atomic mass is 16.5. The Morgan fingerprint density at radius 2 is 2.11 bits per heavy atom. The Labute approximate surface area is 113 Å². The predicted molar refractivity (Wildman–Crippen MR) is 70.9 cm³/mol. The van der Waals surface area contributed by atoms with E-state index in [1.165, 1.54) is 0 Å². The summed E-state index contributed by atoms with van der Waals surface area (Å²) in [5.74, 6) is 0.137. The molecule has 1 aromatic carbocycles. The summed E-state index contributed by atoms with van der Waals surface area (Å²) in [6.45, 7) is 2.33. The second kappa shape index (κ2) is 5.31. The van der Waals surface area contributed by atoms with Gasteiger partial charge in [-0.2, -0.15) is 0 Å². The fourth-order valence-corrected chi connectivity index (χ4v) is 3.00. The number of ether oxygens (including phenoxy) is 1. The number of benzene rings is 1. The molecule has 19 heavy (non-hydrogen) atoms. The van der Waals surface area contributed by atoms with E-state index in [4.69, 9.17) is 9.84 Å². The minimum atomic E-state index is 0.0329. The van der Waals surface area contributed by atoms with E-state index < -0.39 is 0 Å². The lowest BCUT2D eigenvalue weighted by Crippen LogP contribution is -2.47. The molecule has 2 heterocycles. The monoisotopic (exact) mass is 261 g/mol. The summed E-state index contributed by atoms with van der Waals surface area (Å²) in [5, 5.41) is 9.15. The van der Waals surface area contributed by atoms with Gasteiger partial charge < -0.3 is 14.7 Å². The summed E-state index contributed by atoms with van der Waals surface area (Å²) in [7, 11) is 0. The highest BCUT2D eigenvalue weighted by molar-refractivity contribution is 5.97. The van der Waals surface area contributed by atoms with Crippen molar-refractivity contribution in [2.24, 2.45) is 0 Å². The van der Waals surface area contributed by atoms with Crippen LogP contribution in [0.15, 0.2) is 18.2 Å². The normalized spacial score (nSPS) is 20.5. The molecule has 0 spiro atoms. The third-order valence-corrected chi connectivity index (χ3v) is 4.10. The maximum atomic E-state index is 12.5. The maximum Gasteiger partial charge on any atom is 0.254 e. The first-order valence-corrected chi connectivity index (χ1v) is 6.91. The van der Waals surface area contributed by atoms with Gasteiger partial charge in [0.25, 0.3) is 5.91 Å². The summed E-state index contributed by atoms with van der Waals surface area (Å²) < 4.78 is 5.36. The maximum absolute atomic E-state index is 12.5. The zero-order valence-corrected chi connectivity index (χ0v) is 11.0. The second-order valence-electron chi connectivity index (χ2n) is 5.24. The first kappa shape index (κ1) is 12.6. The SMILES string of the molecule is O=C1c2ccc(CO)cc2CCN1C1CCOCC1. The van der Waals surface area contributed by atoms with E-state index in [1.807, 2.05) is 23.1 Å². The van der Waals surface area contributed by atoms with Crippen LogP contribution in [-0.4, -0.2) is 41.7 Å². The van der Waals surface area contributed by atoms with Crippen molar-refractivity contribution in [3.05, 3.63) is 34.9 Å². The Morgan fingerprint density at radius 1 is 1.32 bits per heavy atom. The average molecular weight is 261 g/mol. The van der Waals surface area contributed by atoms with Gasteiger partial charge in [0.15, 0.2) is 0 Å². The van der Waals surface area contributed by atoms with E-state index in [0.717, 1.165) is 55.7 Å². The van der Waals surface area contributed by atoms with E-state index in [9.17, 15) is 4.79 Å². The largest absolute Gasteiger partial charge is 0.392 e. The van der Waals surface area contributed by atoms with Gasteiger partial charge in [-0.3, -0.25) is 4.79 Å². The number of hydrogen-bond donors (Lipinski definition) is 1. The first-order chi connectivity index (χ1) is 9.29. The highest BCUT2D eigenvalue weighted by Gasteiger charge is 2.30. The molecule has 2 aliphatic heterocycles. The number of amides is 1. The number of nitrogens with zero attached hydrogens (tertiary/aromatic N) is 1. The number of rotatable bonds is 2. The molecule has 1 saturated heterocycles. The minimum absolute atomic E-state index is 0.0329. The van der Waals surface area contributed by atoms with Gasteiger partial charge in [0, 0.05) is 31.4 Å². The fraction of sp³-hybridized carbons (Fsp3) is 0.533. The topological polar surface area (TPSA) is 49.8 Å². The molecule has 102 valence electrons. The van der Waals surface area contributed by atoms with Crippen molar-refractivity contribution in [2.45, 2.75) is 31.9 Å². The molecule has 0 bridgehead atoms. The predicted octanol–water partition coefficient (Wildman–Crippen LogP) is 1.36. The van der Waals surface area contributed by atoms with Gasteiger partial charge in [0.1, 0.15) is 0 Å². The third kappa shape index (κ3) is 2.38. The molecular weight excluding hydrogens is 242 g/mol. The first-order valence-electron chi connectivity index (χ1n) is 6.91. The van der Waals surface area contributed by atoms with Crippen LogP contribution in [0.25, 0.3) is 0 Å². The third-order valence-electron chi connectivity index (χ3n) is 4.10. The average Bonchev–Trinajstić information content (AvgIpc) is 2.48. The van der Waals surface area contributed by atoms with Gasteiger partial charge in [0.05, 0.1) is 6.61 Å². The Morgan fingerprint density at radius 3 is 2.84 bits per heavy atom. The molecule has 0 unspecified atom stereocenters. The molecule has 1 fully saturated rings. The van der Waals surface area contributed by atoms with Crippen LogP contribution < -0.4 is 0 Å². The molecule has 4 nitrogen and oxygen atoms in total. The van der Waals surface area contributed by atoms with Crippen molar-refractivity contribution in [1.82, 2.24) is 4.90 Å². The highest BCUT2D eigenvalue weighted by Crippen LogP contribution is 2.25. The van der Waals surface area contributed by atoms with Crippen LogP contribution >= 0.6 is 0 Å². The summed E-state index contributed by atoms with van der Waals surface area (Å²) in [6.07, 6.45) is 2.76. The molecule has 0 aromatic heterocycles. The van der Waals surface area contributed by atoms with Gasteiger partial charge in [0.2, 0.25) is 0 Å². The van der Waals surface area contributed by atoms with Gasteiger partial charge in [-0.05, 0) is 36.5 Å². The number of hydrogen-bond acceptors (Lipinski definition) is 3. The molecular formula is C15H19NO3. The van der Waals surface area contributed by atoms with E-state index >= 15 is 0 Å². The molecule has 1 aromatic rings. The van der Waals surface area contributed by atoms with Crippen molar-refractivity contribution in [3.63, 3.8) is 0 Å². The van der Waals surface area contributed by atoms with Gasteiger partial charge in [-0.25, -0.2) is 0 Å². The quantitative estimate of drug-likeness (QED) is 0.874. The van der Waals surface area contributed by atoms with Crippen LogP contribution in [0, 0.1) is 0 Å².